The molecule has 0 radical (unpaired) electrons. The maximum absolute atomic E-state index is 12.6. The van der Waals surface area contributed by atoms with Crippen LogP contribution in [0.25, 0.3) is 0 Å². The number of hydrogen-bond donors (Lipinski definition) is 0. The smallest absolute Gasteiger partial charge is 0.320 e. The van der Waals surface area contributed by atoms with E-state index in [4.69, 9.17) is 4.74 Å². The number of hydrogen-bond acceptors (Lipinski definition) is 3. The molecule has 0 atom stereocenters. The molecule has 0 aliphatic carbocycles. The van der Waals surface area contributed by atoms with Crippen molar-refractivity contribution in [2.24, 2.45) is 0 Å². The van der Waals surface area contributed by atoms with E-state index in [9.17, 15) is 4.79 Å². The summed E-state index contributed by atoms with van der Waals surface area (Å²) in [7, 11) is 0. The van der Waals surface area contributed by atoms with Gasteiger partial charge in [0.2, 0.25) is 0 Å². The third-order valence-electron chi connectivity index (χ3n) is 7.78. The Bertz CT molecular complexity index is 561. The topological polar surface area (TPSA) is 29.5 Å². The Morgan fingerprint density at radius 3 is 1.45 bits per heavy atom. The Morgan fingerprint density at radius 1 is 0.650 bits per heavy atom. The molecule has 0 amide bonds. The maximum atomic E-state index is 12.6. The van der Waals surface area contributed by atoms with Crippen LogP contribution in [0, 0.1) is 0 Å². The van der Waals surface area contributed by atoms with E-state index in [0.29, 0.717) is 13.2 Å². The summed E-state index contributed by atoms with van der Waals surface area (Å²) in [6.07, 6.45) is 32.0. The molecular formula is C36H70BrNO2. The van der Waals surface area contributed by atoms with Crippen LogP contribution in [0.1, 0.15) is 175 Å². The van der Waals surface area contributed by atoms with Crippen LogP contribution in [0.5, 0.6) is 0 Å². The number of carbonyl (C=O) groups excluding carboxylic acids is 1. The molecule has 0 saturated heterocycles. The molecule has 40 heavy (non-hydrogen) atoms. The van der Waals surface area contributed by atoms with E-state index in [1.54, 1.807) is 0 Å². The minimum Gasteiger partial charge on any atom is -0.464 e. The average molecular weight is 629 g/mol. The summed E-state index contributed by atoms with van der Waals surface area (Å²) >= 11 is 0. The molecule has 0 rings (SSSR count). The van der Waals surface area contributed by atoms with E-state index in [1.807, 2.05) is 0 Å². The van der Waals surface area contributed by atoms with Crippen molar-refractivity contribution < 1.29 is 9.53 Å². The molecule has 0 bridgehead atoms. The van der Waals surface area contributed by atoms with Crippen molar-refractivity contribution in [1.29, 1.82) is 0 Å². The molecule has 3 nitrogen and oxygen atoms in total. The van der Waals surface area contributed by atoms with Crippen molar-refractivity contribution in [3.63, 3.8) is 0 Å². The first kappa shape index (κ1) is 41.5. The molecule has 0 aliphatic heterocycles. The van der Waals surface area contributed by atoms with E-state index in [1.165, 1.54) is 140 Å². The third kappa shape index (κ3) is 31.9. The number of carbonyl (C=O) groups is 1. The molecule has 0 aliphatic rings. The molecular weight excluding hydrogens is 558 g/mol. The SMILES string of the molecule is Br.C=C(CCC=C(C)C)CCOC(=O)CN(CCCCCCCCCCCC)CCCCCCCCCCCC. The van der Waals surface area contributed by atoms with Gasteiger partial charge in [0, 0.05) is 6.42 Å². The van der Waals surface area contributed by atoms with Crippen molar-refractivity contribution in [2.45, 2.75) is 175 Å². The molecule has 238 valence electrons. The van der Waals surface area contributed by atoms with Crippen LogP contribution in [0.3, 0.4) is 0 Å². The van der Waals surface area contributed by atoms with E-state index in [2.05, 4.69) is 45.2 Å². The first-order valence-electron chi connectivity index (χ1n) is 17.2. The predicted molar refractivity (Wildman–Crippen MR) is 184 cm³/mol. The lowest BCUT2D eigenvalue weighted by molar-refractivity contribution is -0.144. The molecule has 0 aromatic rings. The van der Waals surface area contributed by atoms with Crippen molar-refractivity contribution in [1.82, 2.24) is 4.90 Å². The number of nitrogens with zero attached hydrogens (tertiary/aromatic N) is 1. The zero-order chi connectivity index (χ0) is 28.8. The molecule has 0 aromatic carbocycles. The van der Waals surface area contributed by atoms with Gasteiger partial charge in [0.05, 0.1) is 13.2 Å². The van der Waals surface area contributed by atoms with Crippen LogP contribution < -0.4 is 0 Å². The third-order valence-corrected chi connectivity index (χ3v) is 7.78. The summed E-state index contributed by atoms with van der Waals surface area (Å²) < 4.78 is 5.61. The van der Waals surface area contributed by atoms with Crippen molar-refractivity contribution in [2.75, 3.05) is 26.2 Å². The second-order valence-electron chi connectivity index (χ2n) is 12.2. The average Bonchev–Trinajstić information content (AvgIpc) is 2.90. The summed E-state index contributed by atoms with van der Waals surface area (Å²) in [6.45, 7) is 15.9. The molecule has 4 heteroatoms. The number of ether oxygens (including phenoxy) is 1. The Hall–Kier alpha value is -0.610. The van der Waals surface area contributed by atoms with Gasteiger partial charge in [-0.1, -0.05) is 153 Å². The largest absolute Gasteiger partial charge is 0.464 e. The fourth-order valence-corrected chi connectivity index (χ4v) is 5.14. The number of esters is 1. The summed E-state index contributed by atoms with van der Waals surface area (Å²) in [4.78, 5) is 15.0. The second kappa shape index (κ2) is 32.9. The van der Waals surface area contributed by atoms with E-state index in [0.717, 1.165) is 32.4 Å². The quantitative estimate of drug-likeness (QED) is 0.0450. The first-order valence-corrected chi connectivity index (χ1v) is 17.2. The first-order chi connectivity index (χ1) is 19.0. The Morgan fingerprint density at radius 2 is 1.05 bits per heavy atom. The lowest BCUT2D eigenvalue weighted by Gasteiger charge is -2.21. The number of allylic oxidation sites excluding steroid dienone is 2. The molecule has 0 unspecified atom stereocenters. The predicted octanol–water partition coefficient (Wildman–Crippen LogP) is 11.9. The molecule has 0 heterocycles. The Kier molecular flexibility index (Phi) is 34.2. The summed E-state index contributed by atoms with van der Waals surface area (Å²) in [5.41, 5.74) is 2.52. The lowest BCUT2D eigenvalue weighted by Crippen LogP contribution is -2.33. The highest BCUT2D eigenvalue weighted by Gasteiger charge is 2.12. The molecule has 0 spiro atoms. The van der Waals surface area contributed by atoms with E-state index < -0.39 is 0 Å². The summed E-state index contributed by atoms with van der Waals surface area (Å²) in [6, 6.07) is 0. The monoisotopic (exact) mass is 627 g/mol. The van der Waals surface area contributed by atoms with Crippen LogP contribution in [0.2, 0.25) is 0 Å². The van der Waals surface area contributed by atoms with Gasteiger partial charge in [-0.25, -0.2) is 0 Å². The fourth-order valence-electron chi connectivity index (χ4n) is 5.14. The van der Waals surface area contributed by atoms with Crippen molar-refractivity contribution in [3.8, 4) is 0 Å². The van der Waals surface area contributed by atoms with Crippen LogP contribution >= 0.6 is 17.0 Å². The van der Waals surface area contributed by atoms with Gasteiger partial charge in [-0.05, 0) is 52.6 Å². The van der Waals surface area contributed by atoms with Gasteiger partial charge in [0.25, 0.3) is 0 Å². The van der Waals surface area contributed by atoms with Gasteiger partial charge < -0.3 is 4.74 Å². The maximum Gasteiger partial charge on any atom is 0.320 e. The standard InChI is InChI=1S/C36H69NO2.BrH/c1-6-8-10-12-14-16-18-20-22-24-30-37(31-25-23-21-19-17-15-13-11-9-7-2)33-36(38)39-32-29-35(5)28-26-27-34(3)4;/h27H,5-26,28-33H2,1-4H3;1H. The highest BCUT2D eigenvalue weighted by molar-refractivity contribution is 8.93. The normalized spacial score (nSPS) is 10.9. The minimum atomic E-state index is -0.0637. The molecule has 0 N–H and O–H groups in total. The van der Waals surface area contributed by atoms with Gasteiger partial charge in [-0.3, -0.25) is 9.69 Å². The van der Waals surface area contributed by atoms with Crippen LogP contribution in [-0.2, 0) is 9.53 Å². The molecule has 0 aromatic heterocycles. The van der Waals surface area contributed by atoms with Crippen LogP contribution in [0.4, 0.5) is 0 Å². The van der Waals surface area contributed by atoms with E-state index >= 15 is 0 Å². The van der Waals surface area contributed by atoms with Gasteiger partial charge in [0.1, 0.15) is 0 Å². The van der Waals surface area contributed by atoms with Gasteiger partial charge in [-0.15, -0.1) is 17.0 Å². The zero-order valence-corrected chi connectivity index (χ0v) is 29.3. The van der Waals surface area contributed by atoms with Gasteiger partial charge in [-0.2, -0.15) is 0 Å². The number of halogens is 1. The van der Waals surface area contributed by atoms with Crippen LogP contribution in [-0.4, -0.2) is 37.1 Å². The molecule has 0 fully saturated rings. The summed E-state index contributed by atoms with van der Waals surface area (Å²) in [5.74, 6) is -0.0637. The highest BCUT2D eigenvalue weighted by atomic mass is 79.9. The number of rotatable bonds is 30. The highest BCUT2D eigenvalue weighted by Crippen LogP contribution is 2.14. The van der Waals surface area contributed by atoms with Crippen LogP contribution in [0.15, 0.2) is 23.8 Å². The van der Waals surface area contributed by atoms with Crippen molar-refractivity contribution in [3.05, 3.63) is 23.8 Å². The zero-order valence-electron chi connectivity index (χ0n) is 27.5. The van der Waals surface area contributed by atoms with Gasteiger partial charge in [0.15, 0.2) is 0 Å². The number of unbranched alkanes of at least 4 members (excludes halogenated alkanes) is 18. The van der Waals surface area contributed by atoms with Crippen molar-refractivity contribution >= 4 is 23.0 Å². The van der Waals surface area contributed by atoms with E-state index in [-0.39, 0.29) is 23.0 Å². The Balaban J connectivity index is 0. The summed E-state index contributed by atoms with van der Waals surface area (Å²) in [5, 5.41) is 0. The van der Waals surface area contributed by atoms with Gasteiger partial charge >= 0.3 is 5.97 Å². The Labute approximate surface area is 262 Å². The lowest BCUT2D eigenvalue weighted by atomic mass is 10.1. The minimum absolute atomic E-state index is 0. The fraction of sp³-hybridized carbons (Fsp3) is 0.861. The second-order valence-corrected chi connectivity index (χ2v) is 12.2. The molecule has 0 saturated carbocycles.